The average Bonchev–Trinajstić information content (AvgIpc) is 3.32. The lowest BCUT2D eigenvalue weighted by molar-refractivity contribution is -0.139. The van der Waals surface area contributed by atoms with Crippen molar-refractivity contribution in [3.63, 3.8) is 0 Å². The zero-order valence-corrected chi connectivity index (χ0v) is 21.1. The Hall–Kier alpha value is -2.67. The Morgan fingerprint density at radius 3 is 2.41 bits per heavy atom. The second-order valence-corrected chi connectivity index (χ2v) is 10.1. The fourth-order valence-corrected chi connectivity index (χ4v) is 5.16. The van der Waals surface area contributed by atoms with Crippen LogP contribution in [0.15, 0.2) is 51.8 Å². The molecule has 0 saturated carbocycles. The van der Waals surface area contributed by atoms with E-state index in [0.717, 1.165) is 10.0 Å². The number of methoxy groups -OCH3 is 2. The summed E-state index contributed by atoms with van der Waals surface area (Å²) in [5.41, 5.74) is 0.895. The summed E-state index contributed by atoms with van der Waals surface area (Å²) in [5, 5.41) is 4.99. The van der Waals surface area contributed by atoms with Crippen molar-refractivity contribution in [1.29, 1.82) is 0 Å². The van der Waals surface area contributed by atoms with Crippen LogP contribution < -0.4 is 20.1 Å². The molecule has 184 valence electrons. The molecule has 1 saturated heterocycles. The topological polar surface area (TPSA) is 123 Å². The maximum absolute atomic E-state index is 12.9. The molecule has 1 aliphatic heterocycles. The van der Waals surface area contributed by atoms with Gasteiger partial charge in [-0.3, -0.25) is 9.59 Å². The first-order chi connectivity index (χ1) is 16.3. The first-order valence-electron chi connectivity index (χ1n) is 10.4. The van der Waals surface area contributed by atoms with Gasteiger partial charge < -0.3 is 24.8 Å². The van der Waals surface area contributed by atoms with Gasteiger partial charge in [0.2, 0.25) is 10.0 Å². The molecule has 0 aliphatic carbocycles. The number of amides is 2. The molecule has 2 amide bonds. The van der Waals surface area contributed by atoms with Crippen molar-refractivity contribution in [3.05, 3.63) is 52.5 Å². The molecule has 0 bridgehead atoms. The summed E-state index contributed by atoms with van der Waals surface area (Å²) in [4.78, 5) is 24.5. The van der Waals surface area contributed by atoms with E-state index in [1.165, 1.54) is 23.5 Å². The molecule has 2 aromatic carbocycles. The van der Waals surface area contributed by atoms with Crippen molar-refractivity contribution in [2.24, 2.45) is 0 Å². The third-order valence-electron chi connectivity index (χ3n) is 5.15. The highest BCUT2D eigenvalue weighted by Crippen LogP contribution is 2.27. The number of nitrogens with one attached hydrogen (secondary N) is 2. The summed E-state index contributed by atoms with van der Waals surface area (Å²) in [6.45, 7) is 0.410. The lowest BCUT2D eigenvalue weighted by Crippen LogP contribution is -2.47. The number of carbonyl (C=O) groups is 2. The number of halogens is 1. The molecule has 3 rings (SSSR count). The van der Waals surface area contributed by atoms with Crippen LogP contribution in [0.1, 0.15) is 5.56 Å². The van der Waals surface area contributed by atoms with Gasteiger partial charge in [0.1, 0.15) is 6.23 Å². The Morgan fingerprint density at radius 2 is 1.74 bits per heavy atom. The number of ether oxygens (including phenoxy) is 3. The van der Waals surface area contributed by atoms with E-state index in [-0.39, 0.29) is 31.1 Å². The van der Waals surface area contributed by atoms with Crippen LogP contribution >= 0.6 is 15.9 Å². The van der Waals surface area contributed by atoms with E-state index in [4.69, 9.17) is 14.2 Å². The van der Waals surface area contributed by atoms with Gasteiger partial charge in [-0.05, 0) is 48.4 Å². The van der Waals surface area contributed by atoms with Crippen LogP contribution in [0.25, 0.3) is 0 Å². The van der Waals surface area contributed by atoms with Gasteiger partial charge in [-0.2, -0.15) is 4.31 Å². The quantitative estimate of drug-likeness (QED) is 0.447. The van der Waals surface area contributed by atoms with Gasteiger partial charge in [-0.25, -0.2) is 8.42 Å². The summed E-state index contributed by atoms with van der Waals surface area (Å²) in [5.74, 6) is -0.521. The Bertz CT molecular complexity index is 1130. The van der Waals surface area contributed by atoms with E-state index in [2.05, 4.69) is 26.6 Å². The van der Waals surface area contributed by atoms with E-state index in [1.807, 2.05) is 6.07 Å². The Balaban J connectivity index is 1.49. The molecule has 0 spiro atoms. The summed E-state index contributed by atoms with van der Waals surface area (Å²) in [7, 11) is -0.733. The molecule has 12 heteroatoms. The van der Waals surface area contributed by atoms with Crippen LogP contribution in [0.2, 0.25) is 0 Å². The summed E-state index contributed by atoms with van der Waals surface area (Å²) in [6, 6.07) is 11.6. The van der Waals surface area contributed by atoms with Crippen molar-refractivity contribution in [2.45, 2.75) is 17.5 Å². The van der Waals surface area contributed by atoms with Gasteiger partial charge in [0.15, 0.2) is 11.5 Å². The van der Waals surface area contributed by atoms with E-state index in [9.17, 15) is 18.0 Å². The molecule has 1 fully saturated rings. The van der Waals surface area contributed by atoms with Crippen molar-refractivity contribution >= 4 is 37.8 Å². The predicted molar refractivity (Wildman–Crippen MR) is 127 cm³/mol. The zero-order valence-electron chi connectivity index (χ0n) is 18.7. The minimum atomic E-state index is -3.81. The smallest absolute Gasteiger partial charge is 0.309 e. The van der Waals surface area contributed by atoms with Crippen LogP contribution in [0.4, 0.5) is 0 Å². The van der Waals surface area contributed by atoms with E-state index in [0.29, 0.717) is 17.9 Å². The highest BCUT2D eigenvalue weighted by atomic mass is 79.9. The molecule has 0 aromatic heterocycles. The standard InChI is InChI=1S/C22H26BrN3O7S/c1-31-18-8-3-15(13-19(18)32-2)9-10-24-21(27)22(28)25-14-20-26(11-12-33-20)34(29,30)17-6-4-16(23)5-7-17/h3-8,13,20H,9-12,14H2,1-2H3,(H,24,27)(H,25,28)/t20-/m0/s1. The number of sulfonamides is 1. The summed E-state index contributed by atoms with van der Waals surface area (Å²) >= 11 is 3.28. The van der Waals surface area contributed by atoms with Gasteiger partial charge in [-0.1, -0.05) is 22.0 Å². The van der Waals surface area contributed by atoms with Gasteiger partial charge >= 0.3 is 11.8 Å². The van der Waals surface area contributed by atoms with E-state index in [1.54, 1.807) is 31.4 Å². The van der Waals surface area contributed by atoms with E-state index < -0.39 is 28.1 Å². The third-order valence-corrected chi connectivity index (χ3v) is 7.59. The number of hydrogen-bond donors (Lipinski definition) is 2. The first kappa shape index (κ1) is 25.9. The van der Waals surface area contributed by atoms with Gasteiger partial charge in [-0.15, -0.1) is 0 Å². The maximum Gasteiger partial charge on any atom is 0.309 e. The number of carbonyl (C=O) groups excluding carboxylic acids is 2. The Labute approximate surface area is 206 Å². The molecule has 1 atom stereocenters. The van der Waals surface area contributed by atoms with Crippen molar-refractivity contribution in [3.8, 4) is 11.5 Å². The molecule has 0 unspecified atom stereocenters. The minimum absolute atomic E-state index is 0.116. The molecule has 2 aromatic rings. The molecule has 0 radical (unpaired) electrons. The average molecular weight is 556 g/mol. The molecule has 34 heavy (non-hydrogen) atoms. The largest absolute Gasteiger partial charge is 0.493 e. The monoisotopic (exact) mass is 555 g/mol. The van der Waals surface area contributed by atoms with Gasteiger partial charge in [0, 0.05) is 17.6 Å². The number of rotatable bonds is 9. The SMILES string of the molecule is COc1ccc(CCNC(=O)C(=O)NC[C@@H]2OCCN2S(=O)(=O)c2ccc(Br)cc2)cc1OC. The lowest BCUT2D eigenvalue weighted by Gasteiger charge is -2.22. The zero-order chi connectivity index (χ0) is 24.7. The Morgan fingerprint density at radius 1 is 1.06 bits per heavy atom. The third kappa shape index (κ3) is 6.26. The molecular weight excluding hydrogens is 530 g/mol. The number of nitrogens with zero attached hydrogens (tertiary/aromatic N) is 1. The van der Waals surface area contributed by atoms with Crippen LogP contribution in [0, 0.1) is 0 Å². The maximum atomic E-state index is 12.9. The second-order valence-electron chi connectivity index (χ2n) is 7.30. The Kier molecular flexibility index (Phi) is 8.89. The lowest BCUT2D eigenvalue weighted by atomic mass is 10.1. The molecule has 1 aliphatic rings. The van der Waals surface area contributed by atoms with Crippen LogP contribution in [0.5, 0.6) is 11.5 Å². The summed E-state index contributed by atoms with van der Waals surface area (Å²) < 4.78 is 43.7. The van der Waals surface area contributed by atoms with Crippen molar-refractivity contribution in [2.75, 3.05) is 40.5 Å². The van der Waals surface area contributed by atoms with Crippen LogP contribution in [-0.4, -0.2) is 71.2 Å². The number of hydrogen-bond acceptors (Lipinski definition) is 7. The molecular formula is C22H26BrN3O7S. The van der Waals surface area contributed by atoms with Gasteiger partial charge in [0.25, 0.3) is 0 Å². The van der Waals surface area contributed by atoms with E-state index >= 15 is 0 Å². The fraction of sp³-hybridized carbons (Fsp3) is 0.364. The summed E-state index contributed by atoms with van der Waals surface area (Å²) in [6.07, 6.45) is -0.429. The van der Waals surface area contributed by atoms with Crippen molar-refractivity contribution < 1.29 is 32.2 Å². The highest BCUT2D eigenvalue weighted by molar-refractivity contribution is 9.10. The predicted octanol–water partition coefficient (Wildman–Crippen LogP) is 1.29. The molecule has 2 N–H and O–H groups in total. The first-order valence-corrected chi connectivity index (χ1v) is 12.7. The molecule has 1 heterocycles. The second kappa shape index (κ2) is 11.6. The normalized spacial score (nSPS) is 16.1. The van der Waals surface area contributed by atoms with Crippen LogP contribution in [0.3, 0.4) is 0 Å². The highest BCUT2D eigenvalue weighted by Gasteiger charge is 2.36. The van der Waals surface area contributed by atoms with Gasteiger partial charge in [0.05, 0.1) is 32.3 Å². The minimum Gasteiger partial charge on any atom is -0.493 e. The van der Waals surface area contributed by atoms with Crippen LogP contribution in [-0.2, 0) is 30.8 Å². The van der Waals surface area contributed by atoms with Crippen molar-refractivity contribution in [1.82, 2.24) is 14.9 Å². The number of benzene rings is 2. The molecule has 10 nitrogen and oxygen atoms in total. The fourth-order valence-electron chi connectivity index (χ4n) is 3.38.